The van der Waals surface area contributed by atoms with Gasteiger partial charge >= 0.3 is 12.1 Å². The van der Waals surface area contributed by atoms with Crippen molar-refractivity contribution in [1.82, 2.24) is 4.90 Å². The highest BCUT2D eigenvalue weighted by atomic mass is 16.6. The molecule has 0 saturated carbocycles. The van der Waals surface area contributed by atoms with Crippen LogP contribution in [-0.4, -0.2) is 48.8 Å². The Balaban J connectivity index is 1.89. The first-order chi connectivity index (χ1) is 13.7. The second-order valence-corrected chi connectivity index (χ2v) is 8.14. The van der Waals surface area contributed by atoms with Gasteiger partial charge in [0.1, 0.15) is 5.60 Å². The summed E-state index contributed by atoms with van der Waals surface area (Å²) in [6, 6.07) is 7.86. The number of likely N-dealkylation sites (tertiary alicyclic amines) is 1. The first kappa shape index (κ1) is 22.5. The number of hydrogen-bond donors (Lipinski definition) is 0. The molecule has 1 aliphatic rings. The molecule has 0 aliphatic carbocycles. The Bertz CT molecular complexity index is 726. The molecule has 1 fully saturated rings. The summed E-state index contributed by atoms with van der Waals surface area (Å²) in [7, 11) is 0. The normalized spacial score (nSPS) is 14.8. The second kappa shape index (κ2) is 10.1. The molecule has 1 saturated heterocycles. The van der Waals surface area contributed by atoms with E-state index in [1.54, 1.807) is 11.8 Å². The SMILES string of the molecule is CCOC(=O)CCN(C#N)c1ccc(C2CCN(C(=O)OC(C)(C)C)CC2)cc1. The lowest BCUT2D eigenvalue weighted by molar-refractivity contribution is -0.142. The van der Waals surface area contributed by atoms with Crippen LogP contribution in [0.1, 0.15) is 58.4 Å². The minimum absolute atomic E-state index is 0.173. The maximum atomic E-state index is 12.2. The molecule has 7 nitrogen and oxygen atoms in total. The number of ether oxygens (including phenoxy) is 2. The van der Waals surface area contributed by atoms with Crippen LogP contribution >= 0.6 is 0 Å². The maximum absolute atomic E-state index is 12.2. The molecule has 1 aromatic carbocycles. The molecular weight excluding hydrogens is 370 g/mol. The zero-order valence-corrected chi connectivity index (χ0v) is 17.8. The molecule has 2 rings (SSSR count). The van der Waals surface area contributed by atoms with Crippen molar-refractivity contribution in [2.75, 3.05) is 31.1 Å². The van der Waals surface area contributed by atoms with Crippen molar-refractivity contribution >= 4 is 17.7 Å². The van der Waals surface area contributed by atoms with Gasteiger partial charge in [-0.15, -0.1) is 0 Å². The Hall–Kier alpha value is -2.75. The van der Waals surface area contributed by atoms with Gasteiger partial charge in [-0.25, -0.2) is 4.79 Å². The van der Waals surface area contributed by atoms with Gasteiger partial charge in [-0.2, -0.15) is 5.26 Å². The monoisotopic (exact) mass is 401 g/mol. The van der Waals surface area contributed by atoms with E-state index in [-0.39, 0.29) is 18.5 Å². The number of benzene rings is 1. The predicted molar refractivity (Wildman–Crippen MR) is 110 cm³/mol. The quantitative estimate of drug-likeness (QED) is 0.406. The minimum atomic E-state index is -0.482. The molecule has 0 aromatic heterocycles. The standard InChI is InChI=1S/C22H31N3O4/c1-5-28-20(26)12-15-25(16-23)19-8-6-17(7-9-19)18-10-13-24(14-11-18)21(27)29-22(2,3)4/h6-9,18H,5,10-15H2,1-4H3. The van der Waals surface area contributed by atoms with Gasteiger partial charge in [-0.3, -0.25) is 9.69 Å². The van der Waals surface area contributed by atoms with Crippen LogP contribution in [0.3, 0.4) is 0 Å². The number of anilines is 1. The van der Waals surface area contributed by atoms with Gasteiger partial charge in [-0.05, 0) is 64.2 Å². The molecule has 7 heteroatoms. The largest absolute Gasteiger partial charge is 0.466 e. The Morgan fingerprint density at radius 3 is 2.34 bits per heavy atom. The van der Waals surface area contributed by atoms with Crippen molar-refractivity contribution in [3.8, 4) is 6.19 Å². The highest BCUT2D eigenvalue weighted by molar-refractivity contribution is 5.70. The van der Waals surface area contributed by atoms with E-state index in [0.29, 0.717) is 32.2 Å². The Morgan fingerprint density at radius 2 is 1.83 bits per heavy atom. The molecule has 0 atom stereocenters. The summed E-state index contributed by atoms with van der Waals surface area (Å²) in [4.78, 5) is 27.0. The lowest BCUT2D eigenvalue weighted by atomic mass is 9.89. The third kappa shape index (κ3) is 6.97. The molecule has 1 aromatic rings. The molecule has 0 bridgehead atoms. The van der Waals surface area contributed by atoms with Gasteiger partial charge < -0.3 is 14.4 Å². The van der Waals surface area contributed by atoms with E-state index in [0.717, 1.165) is 18.5 Å². The van der Waals surface area contributed by atoms with Crippen LogP contribution in [0.15, 0.2) is 24.3 Å². The van der Waals surface area contributed by atoms with Gasteiger partial charge in [-0.1, -0.05) is 12.1 Å². The van der Waals surface area contributed by atoms with E-state index in [4.69, 9.17) is 9.47 Å². The highest BCUT2D eigenvalue weighted by Crippen LogP contribution is 2.30. The zero-order valence-electron chi connectivity index (χ0n) is 17.8. The van der Waals surface area contributed by atoms with Gasteiger partial charge in [0, 0.05) is 19.6 Å². The summed E-state index contributed by atoms with van der Waals surface area (Å²) >= 11 is 0. The van der Waals surface area contributed by atoms with Crippen molar-refractivity contribution in [1.29, 1.82) is 5.26 Å². The third-order valence-electron chi connectivity index (χ3n) is 4.79. The number of carbonyl (C=O) groups excluding carboxylic acids is 2. The number of nitrogens with zero attached hydrogens (tertiary/aromatic N) is 3. The van der Waals surface area contributed by atoms with Crippen LogP contribution in [-0.2, 0) is 14.3 Å². The number of amides is 1. The van der Waals surface area contributed by atoms with Crippen LogP contribution in [0, 0.1) is 11.5 Å². The van der Waals surface area contributed by atoms with E-state index in [9.17, 15) is 14.9 Å². The fourth-order valence-corrected chi connectivity index (χ4v) is 3.32. The summed E-state index contributed by atoms with van der Waals surface area (Å²) < 4.78 is 10.4. The van der Waals surface area contributed by atoms with Crippen LogP contribution in [0.25, 0.3) is 0 Å². The first-order valence-electron chi connectivity index (χ1n) is 10.1. The summed E-state index contributed by atoms with van der Waals surface area (Å²) in [5.74, 6) is 0.0684. The maximum Gasteiger partial charge on any atom is 0.410 e. The van der Waals surface area contributed by atoms with Gasteiger partial charge in [0.2, 0.25) is 0 Å². The average molecular weight is 402 g/mol. The number of nitriles is 1. The Kier molecular flexibility index (Phi) is 7.89. The number of carbonyl (C=O) groups is 2. The number of rotatable bonds is 6. The molecule has 0 radical (unpaired) electrons. The third-order valence-corrected chi connectivity index (χ3v) is 4.79. The van der Waals surface area contributed by atoms with E-state index in [1.807, 2.05) is 45.0 Å². The van der Waals surface area contributed by atoms with Gasteiger partial charge in [0.25, 0.3) is 0 Å². The molecule has 29 heavy (non-hydrogen) atoms. The fraction of sp³-hybridized carbons (Fsp3) is 0.591. The summed E-state index contributed by atoms with van der Waals surface area (Å²) in [6.07, 6.45) is 3.80. The van der Waals surface area contributed by atoms with Crippen LogP contribution in [0.2, 0.25) is 0 Å². The smallest absolute Gasteiger partial charge is 0.410 e. The van der Waals surface area contributed by atoms with E-state index in [2.05, 4.69) is 6.19 Å². The molecule has 1 heterocycles. The topological polar surface area (TPSA) is 82.9 Å². The van der Waals surface area contributed by atoms with E-state index in [1.165, 1.54) is 10.5 Å². The van der Waals surface area contributed by atoms with Gasteiger partial charge in [0.15, 0.2) is 6.19 Å². The minimum Gasteiger partial charge on any atom is -0.466 e. The van der Waals surface area contributed by atoms with E-state index < -0.39 is 5.60 Å². The van der Waals surface area contributed by atoms with Crippen molar-refractivity contribution < 1.29 is 19.1 Å². The first-order valence-corrected chi connectivity index (χ1v) is 10.1. The predicted octanol–water partition coefficient (Wildman–Crippen LogP) is 4.04. The zero-order chi connectivity index (χ0) is 21.4. The van der Waals surface area contributed by atoms with Gasteiger partial charge in [0.05, 0.1) is 18.7 Å². The fourth-order valence-electron chi connectivity index (χ4n) is 3.32. The van der Waals surface area contributed by atoms with Crippen LogP contribution in [0.5, 0.6) is 0 Å². The molecule has 1 amide bonds. The molecule has 0 N–H and O–H groups in total. The molecule has 1 aliphatic heterocycles. The van der Waals surface area contributed by atoms with Crippen molar-refractivity contribution in [3.05, 3.63) is 29.8 Å². The molecular formula is C22H31N3O4. The Labute approximate surface area is 173 Å². The highest BCUT2D eigenvalue weighted by Gasteiger charge is 2.27. The van der Waals surface area contributed by atoms with Crippen LogP contribution in [0.4, 0.5) is 10.5 Å². The summed E-state index contributed by atoms with van der Waals surface area (Å²) in [5.41, 5.74) is 1.47. The molecule has 0 unspecified atom stereocenters. The van der Waals surface area contributed by atoms with E-state index >= 15 is 0 Å². The summed E-state index contributed by atoms with van der Waals surface area (Å²) in [5, 5.41) is 9.38. The number of esters is 1. The number of piperidine rings is 1. The average Bonchev–Trinajstić information content (AvgIpc) is 2.68. The molecule has 158 valence electrons. The second-order valence-electron chi connectivity index (χ2n) is 8.14. The lowest BCUT2D eigenvalue weighted by Gasteiger charge is -2.33. The Morgan fingerprint density at radius 1 is 1.21 bits per heavy atom. The van der Waals surface area contributed by atoms with Crippen molar-refractivity contribution in [2.45, 2.75) is 58.5 Å². The lowest BCUT2D eigenvalue weighted by Crippen LogP contribution is -2.41. The van der Waals surface area contributed by atoms with Crippen LogP contribution < -0.4 is 4.90 Å². The van der Waals surface area contributed by atoms with Crippen molar-refractivity contribution in [3.63, 3.8) is 0 Å². The molecule has 0 spiro atoms. The van der Waals surface area contributed by atoms with Crippen molar-refractivity contribution in [2.24, 2.45) is 0 Å². The number of hydrogen-bond acceptors (Lipinski definition) is 6. The summed E-state index contributed by atoms with van der Waals surface area (Å²) in [6.45, 7) is 9.35.